The van der Waals surface area contributed by atoms with Crippen LogP contribution in [-0.2, 0) is 5.41 Å². The van der Waals surface area contributed by atoms with Gasteiger partial charge in [-0.25, -0.2) is 9.97 Å². The summed E-state index contributed by atoms with van der Waals surface area (Å²) < 4.78 is 0. The molecule has 1 aliphatic carbocycles. The first-order valence-corrected chi connectivity index (χ1v) is 8.78. The van der Waals surface area contributed by atoms with E-state index in [1.807, 2.05) is 6.07 Å². The van der Waals surface area contributed by atoms with E-state index in [4.69, 9.17) is 16.6 Å². The van der Waals surface area contributed by atoms with E-state index >= 15 is 0 Å². The number of aromatic nitrogens is 2. The van der Waals surface area contributed by atoms with E-state index in [1.54, 1.807) is 11.3 Å². The van der Waals surface area contributed by atoms with Crippen LogP contribution in [-0.4, -0.2) is 9.97 Å². The monoisotopic (exact) mass is 320 g/mol. The number of nitrogens with zero attached hydrogens (tertiary/aromatic N) is 2. The van der Waals surface area contributed by atoms with E-state index < -0.39 is 0 Å². The highest BCUT2D eigenvalue weighted by atomic mass is 35.5. The maximum Gasteiger partial charge on any atom is 0.171 e. The van der Waals surface area contributed by atoms with E-state index in [-0.39, 0.29) is 5.41 Å². The summed E-state index contributed by atoms with van der Waals surface area (Å²) in [6.45, 7) is 6.68. The number of halogens is 1. The van der Waals surface area contributed by atoms with E-state index in [0.717, 1.165) is 16.4 Å². The molecule has 1 saturated carbocycles. The summed E-state index contributed by atoms with van der Waals surface area (Å²) in [6, 6.07) is 6.24. The molecule has 4 heteroatoms. The molecule has 2 aromatic rings. The Morgan fingerprint density at radius 2 is 1.86 bits per heavy atom. The molecule has 0 atom stereocenters. The van der Waals surface area contributed by atoms with Gasteiger partial charge < -0.3 is 0 Å². The van der Waals surface area contributed by atoms with Crippen molar-refractivity contribution in [1.29, 1.82) is 0 Å². The molecule has 1 aliphatic rings. The smallest absolute Gasteiger partial charge is 0.171 e. The summed E-state index contributed by atoms with van der Waals surface area (Å²) in [5, 5.41) is 0.563. The third-order valence-corrected chi connectivity index (χ3v) is 5.75. The van der Waals surface area contributed by atoms with Crippen LogP contribution in [0.5, 0.6) is 0 Å². The molecule has 1 fully saturated rings. The van der Waals surface area contributed by atoms with Gasteiger partial charge in [-0.1, -0.05) is 45.2 Å². The highest BCUT2D eigenvalue weighted by molar-refractivity contribution is 7.15. The topological polar surface area (TPSA) is 25.8 Å². The molecule has 21 heavy (non-hydrogen) atoms. The molecule has 112 valence electrons. The SMILES string of the molecule is CC(C)(C)c1ccc(-c2nc(Cl)cc(C3CCCC3)n2)s1. The fourth-order valence-electron chi connectivity index (χ4n) is 2.84. The van der Waals surface area contributed by atoms with E-state index in [1.165, 1.54) is 30.6 Å². The summed E-state index contributed by atoms with van der Waals surface area (Å²) in [4.78, 5) is 11.7. The molecule has 0 aromatic carbocycles. The number of thiophene rings is 1. The van der Waals surface area contributed by atoms with Gasteiger partial charge in [0.2, 0.25) is 0 Å². The molecule has 0 spiro atoms. The average molecular weight is 321 g/mol. The highest BCUT2D eigenvalue weighted by Crippen LogP contribution is 2.37. The zero-order chi connectivity index (χ0) is 15.0. The van der Waals surface area contributed by atoms with Crippen LogP contribution < -0.4 is 0 Å². The first-order chi connectivity index (χ1) is 9.93. The van der Waals surface area contributed by atoms with Crippen molar-refractivity contribution < 1.29 is 0 Å². The van der Waals surface area contributed by atoms with E-state index in [0.29, 0.717) is 11.1 Å². The van der Waals surface area contributed by atoms with Gasteiger partial charge in [0, 0.05) is 16.5 Å². The Bertz CT molecular complexity index is 636. The molecule has 0 amide bonds. The normalized spacial score (nSPS) is 16.6. The van der Waals surface area contributed by atoms with Gasteiger partial charge in [-0.3, -0.25) is 0 Å². The summed E-state index contributed by atoms with van der Waals surface area (Å²) >= 11 is 8.00. The molecular formula is C17H21ClN2S. The zero-order valence-electron chi connectivity index (χ0n) is 12.8. The lowest BCUT2D eigenvalue weighted by Crippen LogP contribution is -2.07. The summed E-state index contributed by atoms with van der Waals surface area (Å²) in [5.74, 6) is 1.34. The van der Waals surface area contributed by atoms with Crippen LogP contribution in [0.4, 0.5) is 0 Å². The van der Waals surface area contributed by atoms with Crippen LogP contribution in [0.1, 0.15) is 62.9 Å². The minimum absolute atomic E-state index is 0.162. The molecule has 0 saturated heterocycles. The maximum absolute atomic E-state index is 6.23. The largest absolute Gasteiger partial charge is 0.232 e. The first-order valence-electron chi connectivity index (χ1n) is 7.58. The lowest BCUT2D eigenvalue weighted by Gasteiger charge is -2.15. The van der Waals surface area contributed by atoms with Gasteiger partial charge in [-0.05, 0) is 36.5 Å². The standard InChI is InChI=1S/C17H21ClN2S/c1-17(2,3)14-9-8-13(21-14)16-19-12(10-15(18)20-16)11-6-4-5-7-11/h8-11H,4-7H2,1-3H3. The van der Waals surface area contributed by atoms with Crippen molar-refractivity contribution in [3.63, 3.8) is 0 Å². The summed E-state index contributed by atoms with van der Waals surface area (Å²) in [5.41, 5.74) is 1.28. The predicted octanol–water partition coefficient (Wildman–Crippen LogP) is 5.81. The third-order valence-electron chi connectivity index (χ3n) is 4.05. The fourth-order valence-corrected chi connectivity index (χ4v) is 4.03. The number of hydrogen-bond acceptors (Lipinski definition) is 3. The molecule has 0 aliphatic heterocycles. The molecule has 0 unspecified atom stereocenters. The van der Waals surface area contributed by atoms with Crippen molar-refractivity contribution in [1.82, 2.24) is 9.97 Å². The first kappa shape index (κ1) is 15.0. The van der Waals surface area contributed by atoms with Gasteiger partial charge in [0.25, 0.3) is 0 Å². The van der Waals surface area contributed by atoms with Crippen LogP contribution in [0.25, 0.3) is 10.7 Å². The van der Waals surface area contributed by atoms with Crippen molar-refractivity contribution in [3.05, 3.63) is 33.9 Å². The minimum atomic E-state index is 0.162. The van der Waals surface area contributed by atoms with Crippen LogP contribution in [0.2, 0.25) is 5.15 Å². The molecule has 0 radical (unpaired) electrons. The maximum atomic E-state index is 6.23. The summed E-state index contributed by atoms with van der Waals surface area (Å²) in [7, 11) is 0. The predicted molar refractivity (Wildman–Crippen MR) is 90.3 cm³/mol. The Labute approximate surface area is 135 Å². The Morgan fingerprint density at radius 3 is 2.48 bits per heavy atom. The average Bonchev–Trinajstić information content (AvgIpc) is 3.09. The molecule has 3 rings (SSSR count). The highest BCUT2D eigenvalue weighted by Gasteiger charge is 2.21. The lowest BCUT2D eigenvalue weighted by atomic mass is 9.95. The van der Waals surface area contributed by atoms with Crippen LogP contribution in [0.15, 0.2) is 18.2 Å². The Hall–Kier alpha value is -0.930. The van der Waals surface area contributed by atoms with Crippen molar-refractivity contribution in [2.75, 3.05) is 0 Å². The Morgan fingerprint density at radius 1 is 1.14 bits per heavy atom. The van der Waals surface area contributed by atoms with E-state index in [9.17, 15) is 0 Å². The second-order valence-electron chi connectivity index (χ2n) is 6.83. The minimum Gasteiger partial charge on any atom is -0.232 e. The Balaban J connectivity index is 1.96. The quantitative estimate of drug-likeness (QED) is 0.652. The fraction of sp³-hybridized carbons (Fsp3) is 0.529. The second kappa shape index (κ2) is 5.69. The molecular weight excluding hydrogens is 300 g/mol. The molecule has 2 aromatic heterocycles. The van der Waals surface area contributed by atoms with Crippen LogP contribution >= 0.6 is 22.9 Å². The second-order valence-corrected chi connectivity index (χ2v) is 8.31. The molecule has 0 N–H and O–H groups in total. The zero-order valence-corrected chi connectivity index (χ0v) is 14.4. The van der Waals surface area contributed by atoms with Gasteiger partial charge in [0.15, 0.2) is 5.82 Å². The van der Waals surface area contributed by atoms with Gasteiger partial charge >= 0.3 is 0 Å². The van der Waals surface area contributed by atoms with Crippen molar-refractivity contribution >= 4 is 22.9 Å². The third kappa shape index (κ3) is 3.29. The van der Waals surface area contributed by atoms with Crippen molar-refractivity contribution in [2.24, 2.45) is 0 Å². The van der Waals surface area contributed by atoms with Gasteiger partial charge in [0.05, 0.1) is 4.88 Å². The van der Waals surface area contributed by atoms with E-state index in [2.05, 4.69) is 37.9 Å². The number of hydrogen-bond donors (Lipinski definition) is 0. The molecule has 2 heterocycles. The summed E-state index contributed by atoms with van der Waals surface area (Å²) in [6.07, 6.45) is 5.05. The molecule has 2 nitrogen and oxygen atoms in total. The van der Waals surface area contributed by atoms with Crippen LogP contribution in [0.3, 0.4) is 0 Å². The Kier molecular flexibility index (Phi) is 4.06. The number of rotatable bonds is 2. The van der Waals surface area contributed by atoms with Crippen molar-refractivity contribution in [2.45, 2.75) is 57.8 Å². The van der Waals surface area contributed by atoms with Gasteiger partial charge in [-0.2, -0.15) is 0 Å². The lowest BCUT2D eigenvalue weighted by molar-refractivity contribution is 0.604. The van der Waals surface area contributed by atoms with Crippen LogP contribution in [0, 0.1) is 0 Å². The van der Waals surface area contributed by atoms with Crippen molar-refractivity contribution in [3.8, 4) is 10.7 Å². The van der Waals surface area contributed by atoms with Gasteiger partial charge in [0.1, 0.15) is 5.15 Å². The van der Waals surface area contributed by atoms with Gasteiger partial charge in [-0.15, -0.1) is 11.3 Å². The molecule has 0 bridgehead atoms.